The first kappa shape index (κ1) is 20.2. The van der Waals surface area contributed by atoms with Crippen LogP contribution in [-0.4, -0.2) is 33.2 Å². The number of ether oxygens (including phenoxy) is 1. The molecule has 0 fully saturated rings. The molecule has 0 saturated heterocycles. The molecule has 0 aliphatic rings. The molecule has 7 nitrogen and oxygen atoms in total. The highest BCUT2D eigenvalue weighted by atomic mass is 35.5. The number of pyridine rings is 1. The van der Waals surface area contributed by atoms with E-state index >= 15 is 0 Å². The van der Waals surface area contributed by atoms with Gasteiger partial charge in [0, 0.05) is 35.7 Å². The van der Waals surface area contributed by atoms with Gasteiger partial charge >= 0.3 is 0 Å². The van der Waals surface area contributed by atoms with Crippen molar-refractivity contribution in [3.05, 3.63) is 71.1 Å². The lowest BCUT2D eigenvalue weighted by Crippen LogP contribution is -2.07. The molecule has 1 atom stereocenters. The second kappa shape index (κ2) is 8.74. The van der Waals surface area contributed by atoms with E-state index < -0.39 is 0 Å². The number of hydrogen-bond donors (Lipinski definition) is 2. The summed E-state index contributed by atoms with van der Waals surface area (Å²) < 4.78 is 5.86. The van der Waals surface area contributed by atoms with Crippen molar-refractivity contribution < 1.29 is 9.53 Å². The second-order valence-corrected chi connectivity index (χ2v) is 8.00. The van der Waals surface area contributed by atoms with Crippen LogP contribution in [0.25, 0.3) is 21.1 Å². The Bertz CT molecular complexity index is 1160. The highest BCUT2D eigenvalue weighted by Crippen LogP contribution is 2.42. The van der Waals surface area contributed by atoms with Crippen LogP contribution in [-0.2, 0) is 9.53 Å². The summed E-state index contributed by atoms with van der Waals surface area (Å²) in [5.74, 6) is 0.988. The summed E-state index contributed by atoms with van der Waals surface area (Å²) in [5, 5.41) is 10.3. The number of amides is 1. The van der Waals surface area contributed by atoms with Gasteiger partial charge in [-0.3, -0.25) is 9.89 Å². The molecule has 0 saturated carbocycles. The van der Waals surface area contributed by atoms with Gasteiger partial charge in [0.2, 0.25) is 5.91 Å². The first-order valence-corrected chi connectivity index (χ1v) is 10.3. The van der Waals surface area contributed by atoms with Crippen molar-refractivity contribution in [2.24, 2.45) is 0 Å². The number of hydrogen-bond acceptors (Lipinski definition) is 6. The molecule has 152 valence electrons. The summed E-state index contributed by atoms with van der Waals surface area (Å²) >= 11 is 7.61. The fraction of sp³-hybridized carbons (Fsp3) is 0.143. The molecule has 3 aromatic heterocycles. The number of rotatable bonds is 6. The number of aromatic amines is 1. The Labute approximate surface area is 182 Å². The number of thiophene rings is 1. The van der Waals surface area contributed by atoms with Crippen LogP contribution in [0.1, 0.15) is 24.2 Å². The molecule has 0 bridgehead atoms. The third-order valence-corrected chi connectivity index (χ3v) is 5.89. The molecule has 4 aromatic rings. The number of H-pyrrole nitrogens is 1. The number of carbonyl (C=O) groups is 1. The number of nitrogens with one attached hydrogen (secondary N) is 2. The van der Waals surface area contributed by atoms with Crippen LogP contribution in [0.2, 0.25) is 5.02 Å². The standard InChI is InChI=1S/C21H18ClN5O2S/c1-12(28)26-18-9-14(7-8-23-18)17-10-16(20(30-17)21-24-11-25-27-21)19(29-2)13-3-5-15(22)6-4-13/h3-11,19H,1-2H3,(H,23,26,28)(H,24,25,27). The first-order chi connectivity index (χ1) is 14.5. The number of halogens is 1. The molecule has 0 aliphatic heterocycles. The molecule has 30 heavy (non-hydrogen) atoms. The van der Waals surface area contributed by atoms with Crippen molar-refractivity contribution >= 4 is 34.7 Å². The molecule has 3 heterocycles. The molecule has 1 unspecified atom stereocenters. The zero-order valence-corrected chi connectivity index (χ0v) is 17.8. The van der Waals surface area contributed by atoms with E-state index in [9.17, 15) is 4.79 Å². The predicted octanol–water partition coefficient (Wildman–Crippen LogP) is 4.94. The Morgan fingerprint density at radius 2 is 2.00 bits per heavy atom. The Hall–Kier alpha value is -3.07. The van der Waals surface area contributed by atoms with E-state index in [4.69, 9.17) is 16.3 Å². The van der Waals surface area contributed by atoms with E-state index in [0.29, 0.717) is 16.7 Å². The number of anilines is 1. The molecule has 0 aliphatic carbocycles. The summed E-state index contributed by atoms with van der Waals surface area (Å²) in [6, 6.07) is 13.4. The highest BCUT2D eigenvalue weighted by molar-refractivity contribution is 7.19. The molecule has 0 radical (unpaired) electrons. The van der Waals surface area contributed by atoms with Gasteiger partial charge in [-0.05, 0) is 41.5 Å². The zero-order valence-electron chi connectivity index (χ0n) is 16.2. The molecule has 4 rings (SSSR count). The highest BCUT2D eigenvalue weighted by Gasteiger charge is 2.23. The molecule has 9 heteroatoms. The molecular formula is C21H18ClN5O2S. The fourth-order valence-electron chi connectivity index (χ4n) is 3.15. The summed E-state index contributed by atoms with van der Waals surface area (Å²) in [6.07, 6.45) is 2.83. The maximum Gasteiger partial charge on any atom is 0.222 e. The van der Waals surface area contributed by atoms with Crippen LogP contribution in [0.5, 0.6) is 0 Å². The maximum absolute atomic E-state index is 11.4. The molecule has 1 aromatic carbocycles. The molecule has 0 spiro atoms. The molecule has 2 N–H and O–H groups in total. The van der Waals surface area contributed by atoms with E-state index in [1.54, 1.807) is 24.6 Å². The quantitative estimate of drug-likeness (QED) is 0.443. The van der Waals surface area contributed by atoms with Crippen LogP contribution in [0.4, 0.5) is 5.82 Å². The van der Waals surface area contributed by atoms with Gasteiger partial charge in [0.15, 0.2) is 5.82 Å². The Morgan fingerprint density at radius 1 is 1.20 bits per heavy atom. The number of nitrogens with zero attached hydrogens (tertiary/aromatic N) is 3. The minimum atomic E-state index is -0.316. The minimum absolute atomic E-state index is 0.170. The number of methoxy groups -OCH3 is 1. The topological polar surface area (TPSA) is 92.8 Å². The monoisotopic (exact) mass is 439 g/mol. The van der Waals surface area contributed by atoms with Crippen molar-refractivity contribution in [1.82, 2.24) is 20.2 Å². The fourth-order valence-corrected chi connectivity index (χ4v) is 4.41. The lowest BCUT2D eigenvalue weighted by molar-refractivity contribution is -0.114. The number of benzene rings is 1. The summed E-state index contributed by atoms with van der Waals surface area (Å²) in [6.45, 7) is 1.45. The normalized spacial score (nSPS) is 12.0. The van der Waals surface area contributed by atoms with Gasteiger partial charge in [0.1, 0.15) is 18.2 Å². The zero-order chi connectivity index (χ0) is 21.1. The van der Waals surface area contributed by atoms with Crippen molar-refractivity contribution in [1.29, 1.82) is 0 Å². The van der Waals surface area contributed by atoms with E-state index in [2.05, 4.69) is 31.5 Å². The maximum atomic E-state index is 11.4. The van der Waals surface area contributed by atoms with Gasteiger partial charge in [-0.1, -0.05) is 23.7 Å². The summed E-state index contributed by atoms with van der Waals surface area (Å²) in [5.41, 5.74) is 2.85. The van der Waals surface area contributed by atoms with Crippen molar-refractivity contribution in [2.75, 3.05) is 12.4 Å². The lowest BCUT2D eigenvalue weighted by atomic mass is 10.0. The van der Waals surface area contributed by atoms with Crippen LogP contribution in [0.15, 0.2) is 55.0 Å². The van der Waals surface area contributed by atoms with E-state index in [1.165, 1.54) is 13.3 Å². The van der Waals surface area contributed by atoms with Gasteiger partial charge in [-0.25, -0.2) is 9.97 Å². The van der Waals surface area contributed by atoms with Gasteiger partial charge in [-0.15, -0.1) is 11.3 Å². The summed E-state index contributed by atoms with van der Waals surface area (Å²) in [7, 11) is 1.67. The smallest absolute Gasteiger partial charge is 0.222 e. The van der Waals surface area contributed by atoms with Crippen molar-refractivity contribution in [3.63, 3.8) is 0 Å². The Morgan fingerprint density at radius 3 is 2.67 bits per heavy atom. The van der Waals surface area contributed by atoms with Crippen molar-refractivity contribution in [3.8, 4) is 21.1 Å². The number of aromatic nitrogens is 4. The average molecular weight is 440 g/mol. The summed E-state index contributed by atoms with van der Waals surface area (Å²) in [4.78, 5) is 21.8. The largest absolute Gasteiger partial charge is 0.372 e. The van der Waals surface area contributed by atoms with Crippen LogP contribution >= 0.6 is 22.9 Å². The lowest BCUT2D eigenvalue weighted by Gasteiger charge is -2.16. The van der Waals surface area contributed by atoms with E-state index in [-0.39, 0.29) is 12.0 Å². The van der Waals surface area contributed by atoms with Crippen LogP contribution in [0, 0.1) is 0 Å². The van der Waals surface area contributed by atoms with E-state index in [1.807, 2.05) is 36.4 Å². The second-order valence-electron chi connectivity index (χ2n) is 6.51. The van der Waals surface area contributed by atoms with Gasteiger partial charge in [0.05, 0.1) is 4.88 Å². The Balaban J connectivity index is 1.81. The van der Waals surface area contributed by atoms with Gasteiger partial charge < -0.3 is 10.1 Å². The van der Waals surface area contributed by atoms with Gasteiger partial charge in [0.25, 0.3) is 0 Å². The molecular weight excluding hydrogens is 422 g/mol. The minimum Gasteiger partial charge on any atom is -0.372 e. The number of carbonyl (C=O) groups excluding carboxylic acids is 1. The van der Waals surface area contributed by atoms with Crippen LogP contribution in [0.3, 0.4) is 0 Å². The predicted molar refractivity (Wildman–Crippen MR) is 118 cm³/mol. The van der Waals surface area contributed by atoms with E-state index in [0.717, 1.165) is 26.4 Å². The third kappa shape index (κ3) is 4.25. The average Bonchev–Trinajstić information content (AvgIpc) is 3.40. The first-order valence-electron chi connectivity index (χ1n) is 9.07. The van der Waals surface area contributed by atoms with Crippen molar-refractivity contribution in [2.45, 2.75) is 13.0 Å². The van der Waals surface area contributed by atoms with Crippen LogP contribution < -0.4 is 5.32 Å². The molecule has 1 amide bonds. The third-order valence-electron chi connectivity index (χ3n) is 4.43. The SMILES string of the molecule is COC(c1ccc(Cl)cc1)c1cc(-c2ccnc(NC(C)=O)c2)sc1-c1ncn[nH]1. The Kier molecular flexibility index (Phi) is 5.89. The van der Waals surface area contributed by atoms with Gasteiger partial charge in [-0.2, -0.15) is 5.10 Å².